The maximum absolute atomic E-state index is 10.5. The maximum Gasteiger partial charge on any atom is 0.217 e. The third-order valence-electron chi connectivity index (χ3n) is 1.20. The van der Waals surface area contributed by atoms with Crippen LogP contribution in [0.25, 0.3) is 0 Å². The monoisotopic (exact) mass is 145 g/mol. The van der Waals surface area contributed by atoms with Gasteiger partial charge in [0, 0.05) is 26.7 Å². The van der Waals surface area contributed by atoms with Crippen molar-refractivity contribution in [1.82, 2.24) is 5.32 Å². The molecule has 0 spiro atoms. The van der Waals surface area contributed by atoms with Crippen LogP contribution >= 0.6 is 0 Å². The summed E-state index contributed by atoms with van der Waals surface area (Å²) in [6.07, 6.45) is 0.871. The average Bonchev–Trinajstić information content (AvgIpc) is 1.82. The van der Waals surface area contributed by atoms with Crippen LogP contribution in [0.15, 0.2) is 0 Å². The summed E-state index contributed by atoms with van der Waals surface area (Å²) in [7, 11) is 1.65. The highest BCUT2D eigenvalue weighted by Gasteiger charge is 2.00. The Morgan fingerprint density at radius 2 is 2.30 bits per heavy atom. The van der Waals surface area contributed by atoms with E-state index in [0.29, 0.717) is 6.61 Å². The quantitative estimate of drug-likeness (QED) is 0.627. The molecule has 0 aromatic rings. The van der Waals surface area contributed by atoms with Crippen LogP contribution in [-0.4, -0.2) is 25.7 Å². The van der Waals surface area contributed by atoms with E-state index in [9.17, 15) is 4.79 Å². The maximum atomic E-state index is 10.5. The van der Waals surface area contributed by atoms with Gasteiger partial charge in [-0.05, 0) is 13.3 Å². The van der Waals surface area contributed by atoms with Gasteiger partial charge in [0.05, 0.1) is 0 Å². The lowest BCUT2D eigenvalue weighted by Gasteiger charge is -2.10. The molecule has 0 fully saturated rings. The molecule has 0 saturated carbocycles. The fourth-order valence-electron chi connectivity index (χ4n) is 0.714. The van der Waals surface area contributed by atoms with Gasteiger partial charge in [-0.15, -0.1) is 0 Å². The van der Waals surface area contributed by atoms with Crippen LogP contribution in [0.1, 0.15) is 20.3 Å². The Labute approximate surface area is 61.8 Å². The molecule has 0 aromatic heterocycles. The van der Waals surface area contributed by atoms with E-state index in [0.717, 1.165) is 6.42 Å². The predicted molar refractivity (Wildman–Crippen MR) is 39.8 cm³/mol. The number of hydrogen-bond acceptors (Lipinski definition) is 2. The molecule has 0 aliphatic carbocycles. The smallest absolute Gasteiger partial charge is 0.217 e. The van der Waals surface area contributed by atoms with Crippen molar-refractivity contribution in [2.75, 3.05) is 13.7 Å². The van der Waals surface area contributed by atoms with Gasteiger partial charge in [0.25, 0.3) is 0 Å². The number of rotatable bonds is 4. The normalized spacial score (nSPS) is 12.7. The topological polar surface area (TPSA) is 38.3 Å². The first-order valence-electron chi connectivity index (χ1n) is 3.43. The van der Waals surface area contributed by atoms with Gasteiger partial charge in [0.15, 0.2) is 0 Å². The number of carbonyl (C=O) groups is 1. The molecule has 1 atom stereocenters. The molecule has 0 unspecified atom stereocenters. The zero-order valence-corrected chi connectivity index (χ0v) is 6.81. The summed E-state index contributed by atoms with van der Waals surface area (Å²) in [5.41, 5.74) is 0. The minimum atomic E-state index is 0.0172. The van der Waals surface area contributed by atoms with Crippen molar-refractivity contribution in [3.05, 3.63) is 0 Å². The third-order valence-corrected chi connectivity index (χ3v) is 1.20. The second kappa shape index (κ2) is 5.23. The Morgan fingerprint density at radius 3 is 2.70 bits per heavy atom. The Hall–Kier alpha value is -0.570. The number of ether oxygens (including phenoxy) is 1. The number of nitrogens with one attached hydrogen (secondary N) is 1. The minimum Gasteiger partial charge on any atom is -0.385 e. The van der Waals surface area contributed by atoms with Crippen molar-refractivity contribution in [3.63, 3.8) is 0 Å². The first kappa shape index (κ1) is 9.43. The van der Waals surface area contributed by atoms with Crippen LogP contribution in [0.2, 0.25) is 0 Å². The van der Waals surface area contributed by atoms with Crippen LogP contribution < -0.4 is 5.32 Å². The molecule has 3 heteroatoms. The second-order valence-electron chi connectivity index (χ2n) is 2.38. The first-order valence-corrected chi connectivity index (χ1v) is 3.43. The molecule has 0 bridgehead atoms. The molecule has 60 valence electrons. The Bertz CT molecular complexity index is 104. The van der Waals surface area contributed by atoms with Gasteiger partial charge in [0.1, 0.15) is 0 Å². The lowest BCUT2D eigenvalue weighted by Crippen LogP contribution is -2.31. The summed E-state index contributed by atoms with van der Waals surface area (Å²) in [4.78, 5) is 10.5. The van der Waals surface area contributed by atoms with Gasteiger partial charge in [-0.1, -0.05) is 0 Å². The predicted octanol–water partition coefficient (Wildman–Crippen LogP) is 0.547. The van der Waals surface area contributed by atoms with Crippen LogP contribution in [0, 0.1) is 0 Å². The highest BCUT2D eigenvalue weighted by atomic mass is 16.5. The van der Waals surface area contributed by atoms with Crippen LogP contribution in [0.5, 0.6) is 0 Å². The molecule has 0 heterocycles. The molecule has 0 radical (unpaired) electrons. The van der Waals surface area contributed by atoms with Crippen molar-refractivity contribution < 1.29 is 9.53 Å². The SMILES string of the molecule is COCC[C@@H](C)NC(C)=O. The lowest BCUT2D eigenvalue weighted by atomic mass is 10.2. The summed E-state index contributed by atoms with van der Waals surface area (Å²) >= 11 is 0. The highest BCUT2D eigenvalue weighted by Crippen LogP contribution is 1.89. The van der Waals surface area contributed by atoms with Gasteiger partial charge in [-0.25, -0.2) is 0 Å². The summed E-state index contributed by atoms with van der Waals surface area (Å²) in [6, 6.07) is 0.220. The summed E-state index contributed by atoms with van der Waals surface area (Å²) in [6.45, 7) is 4.17. The molecular weight excluding hydrogens is 130 g/mol. The van der Waals surface area contributed by atoms with E-state index in [1.165, 1.54) is 6.92 Å². The molecule has 0 aliphatic rings. The second-order valence-corrected chi connectivity index (χ2v) is 2.38. The third kappa shape index (κ3) is 5.56. The Morgan fingerprint density at radius 1 is 1.70 bits per heavy atom. The molecule has 0 aromatic carbocycles. The molecule has 1 N–H and O–H groups in total. The van der Waals surface area contributed by atoms with E-state index in [4.69, 9.17) is 4.74 Å². The van der Waals surface area contributed by atoms with Crippen LogP contribution in [0.3, 0.4) is 0 Å². The zero-order chi connectivity index (χ0) is 7.98. The number of methoxy groups -OCH3 is 1. The summed E-state index contributed by atoms with van der Waals surface area (Å²) in [5.74, 6) is 0.0172. The largest absolute Gasteiger partial charge is 0.385 e. The highest BCUT2D eigenvalue weighted by molar-refractivity contribution is 5.73. The Balaban J connectivity index is 3.25. The van der Waals surface area contributed by atoms with E-state index >= 15 is 0 Å². The molecule has 10 heavy (non-hydrogen) atoms. The van der Waals surface area contributed by atoms with Crippen LogP contribution in [0.4, 0.5) is 0 Å². The van der Waals surface area contributed by atoms with Gasteiger partial charge < -0.3 is 10.1 Å². The summed E-state index contributed by atoms with van der Waals surface area (Å²) in [5, 5.41) is 2.76. The van der Waals surface area contributed by atoms with Crippen molar-refractivity contribution in [3.8, 4) is 0 Å². The van der Waals surface area contributed by atoms with Crippen molar-refractivity contribution in [1.29, 1.82) is 0 Å². The molecule has 0 aliphatic heterocycles. The van der Waals surface area contributed by atoms with Gasteiger partial charge >= 0.3 is 0 Å². The minimum absolute atomic E-state index is 0.0172. The van der Waals surface area contributed by atoms with Gasteiger partial charge in [-0.2, -0.15) is 0 Å². The molecule has 0 saturated heterocycles. The fraction of sp³-hybridized carbons (Fsp3) is 0.857. The average molecular weight is 145 g/mol. The zero-order valence-electron chi connectivity index (χ0n) is 6.81. The molecular formula is C7H15NO2. The van der Waals surface area contributed by atoms with E-state index in [2.05, 4.69) is 5.32 Å². The number of hydrogen-bond donors (Lipinski definition) is 1. The summed E-state index contributed by atoms with van der Waals surface area (Å²) < 4.78 is 4.84. The van der Waals surface area contributed by atoms with E-state index in [1.54, 1.807) is 7.11 Å². The van der Waals surface area contributed by atoms with Crippen molar-refractivity contribution in [2.45, 2.75) is 26.3 Å². The molecule has 3 nitrogen and oxygen atoms in total. The Kier molecular flexibility index (Phi) is 4.94. The number of amides is 1. The van der Waals surface area contributed by atoms with Gasteiger partial charge in [0.2, 0.25) is 5.91 Å². The molecule has 0 rings (SSSR count). The first-order chi connectivity index (χ1) is 4.66. The molecule has 1 amide bonds. The van der Waals surface area contributed by atoms with Crippen molar-refractivity contribution in [2.24, 2.45) is 0 Å². The van der Waals surface area contributed by atoms with Gasteiger partial charge in [-0.3, -0.25) is 4.79 Å². The van der Waals surface area contributed by atoms with E-state index in [1.807, 2.05) is 6.92 Å². The lowest BCUT2D eigenvalue weighted by molar-refractivity contribution is -0.119. The fourth-order valence-corrected chi connectivity index (χ4v) is 0.714. The van der Waals surface area contributed by atoms with Crippen LogP contribution in [-0.2, 0) is 9.53 Å². The van der Waals surface area contributed by atoms with E-state index in [-0.39, 0.29) is 11.9 Å². The van der Waals surface area contributed by atoms with E-state index < -0.39 is 0 Å². The van der Waals surface area contributed by atoms with Crippen molar-refractivity contribution >= 4 is 5.91 Å². The standard InChI is InChI=1S/C7H15NO2/c1-6(4-5-10-3)8-7(2)9/h6H,4-5H2,1-3H3,(H,8,9)/t6-/m1/s1. The number of carbonyl (C=O) groups excluding carboxylic acids is 1.